The Hall–Kier alpha value is -0.970. The lowest BCUT2D eigenvalue weighted by Crippen LogP contribution is -2.14. The minimum absolute atomic E-state index is 0.0878. The monoisotopic (exact) mass is 361 g/mol. The molecule has 3 nitrogen and oxygen atoms in total. The SMILES string of the molecule is Cn1cccc1C(=O)COc1cc(Cl)c(Br)cc1Cl. The number of carbonyl (C=O) groups is 1. The summed E-state index contributed by atoms with van der Waals surface area (Å²) < 4.78 is 7.83. The molecule has 0 aliphatic heterocycles. The first-order valence-electron chi connectivity index (χ1n) is 5.41. The number of hydrogen-bond donors (Lipinski definition) is 0. The quantitative estimate of drug-likeness (QED) is 0.597. The summed E-state index contributed by atoms with van der Waals surface area (Å²) in [6.07, 6.45) is 1.80. The number of benzene rings is 1. The van der Waals surface area contributed by atoms with Gasteiger partial charge in [0.1, 0.15) is 5.75 Å². The smallest absolute Gasteiger partial charge is 0.216 e. The first-order chi connectivity index (χ1) is 8.99. The first-order valence-corrected chi connectivity index (χ1v) is 6.96. The van der Waals surface area contributed by atoms with Gasteiger partial charge < -0.3 is 9.30 Å². The number of aromatic nitrogens is 1. The number of carbonyl (C=O) groups excluding carboxylic acids is 1. The van der Waals surface area contributed by atoms with Crippen LogP contribution in [0.25, 0.3) is 0 Å². The first kappa shape index (κ1) is 14.4. The average molecular weight is 363 g/mol. The minimum atomic E-state index is -0.123. The Labute approximate surface area is 129 Å². The van der Waals surface area contributed by atoms with E-state index in [2.05, 4.69) is 15.9 Å². The Kier molecular flexibility index (Phi) is 4.55. The fourth-order valence-electron chi connectivity index (χ4n) is 1.58. The lowest BCUT2D eigenvalue weighted by Gasteiger charge is -2.09. The van der Waals surface area contributed by atoms with Gasteiger partial charge in [-0.05, 0) is 34.1 Å². The summed E-state index contributed by atoms with van der Waals surface area (Å²) in [5.74, 6) is 0.264. The second kappa shape index (κ2) is 5.99. The van der Waals surface area contributed by atoms with Crippen LogP contribution < -0.4 is 4.74 Å². The highest BCUT2D eigenvalue weighted by molar-refractivity contribution is 9.10. The van der Waals surface area contributed by atoms with Gasteiger partial charge in [-0.3, -0.25) is 4.79 Å². The molecule has 0 saturated heterocycles. The summed E-state index contributed by atoms with van der Waals surface area (Å²) in [6.45, 7) is -0.0878. The van der Waals surface area contributed by atoms with Gasteiger partial charge in [0.15, 0.2) is 6.61 Å². The maximum atomic E-state index is 11.9. The van der Waals surface area contributed by atoms with Crippen molar-refractivity contribution in [2.24, 2.45) is 7.05 Å². The lowest BCUT2D eigenvalue weighted by molar-refractivity contribution is 0.0913. The average Bonchev–Trinajstić information content (AvgIpc) is 2.78. The summed E-state index contributed by atoms with van der Waals surface area (Å²) in [5, 5.41) is 0.877. The molecule has 100 valence electrons. The molecule has 1 heterocycles. The number of Topliss-reactive ketones (excluding diaryl/α,β-unsaturated/α-hetero) is 1. The highest BCUT2D eigenvalue weighted by atomic mass is 79.9. The van der Waals surface area contributed by atoms with Crippen LogP contribution in [0.15, 0.2) is 34.9 Å². The Bertz CT molecular complexity index is 625. The molecule has 0 amide bonds. The number of hydrogen-bond acceptors (Lipinski definition) is 2. The molecule has 19 heavy (non-hydrogen) atoms. The molecule has 0 radical (unpaired) electrons. The van der Waals surface area contributed by atoms with E-state index in [0.717, 1.165) is 0 Å². The number of aryl methyl sites for hydroxylation is 1. The fraction of sp³-hybridized carbons (Fsp3) is 0.154. The van der Waals surface area contributed by atoms with E-state index in [1.54, 1.807) is 42.1 Å². The van der Waals surface area contributed by atoms with E-state index in [0.29, 0.717) is 26.0 Å². The van der Waals surface area contributed by atoms with Crippen molar-refractivity contribution in [1.29, 1.82) is 0 Å². The van der Waals surface area contributed by atoms with Crippen molar-refractivity contribution in [3.8, 4) is 5.75 Å². The molecule has 1 aromatic heterocycles. The molecular formula is C13H10BrCl2NO2. The molecule has 0 fully saturated rings. The Balaban J connectivity index is 2.09. The summed E-state index contributed by atoms with van der Waals surface area (Å²) in [7, 11) is 1.80. The predicted molar refractivity (Wildman–Crippen MR) is 79.4 cm³/mol. The van der Waals surface area contributed by atoms with Crippen molar-refractivity contribution >= 4 is 44.9 Å². The largest absolute Gasteiger partial charge is 0.484 e. The van der Waals surface area contributed by atoms with E-state index in [4.69, 9.17) is 27.9 Å². The van der Waals surface area contributed by atoms with Crippen LogP contribution in [-0.4, -0.2) is 17.0 Å². The van der Waals surface area contributed by atoms with Gasteiger partial charge in [-0.2, -0.15) is 0 Å². The molecule has 0 N–H and O–H groups in total. The van der Waals surface area contributed by atoms with Crippen LogP contribution in [0.2, 0.25) is 10.0 Å². The number of ketones is 1. The second-order valence-corrected chi connectivity index (χ2v) is 5.58. The Morgan fingerprint density at radius 3 is 2.74 bits per heavy atom. The van der Waals surface area contributed by atoms with Crippen molar-refractivity contribution in [2.75, 3.05) is 6.61 Å². The highest BCUT2D eigenvalue weighted by Crippen LogP contribution is 2.34. The molecule has 0 aliphatic rings. The van der Waals surface area contributed by atoms with Gasteiger partial charge in [0.25, 0.3) is 0 Å². The van der Waals surface area contributed by atoms with Crippen molar-refractivity contribution in [3.63, 3.8) is 0 Å². The third-order valence-corrected chi connectivity index (χ3v) is 4.06. The van der Waals surface area contributed by atoms with Gasteiger partial charge in [0.05, 0.1) is 15.7 Å². The van der Waals surface area contributed by atoms with Crippen LogP contribution in [-0.2, 0) is 7.05 Å². The van der Waals surface area contributed by atoms with E-state index in [9.17, 15) is 4.79 Å². The standard InChI is InChI=1S/C13H10BrCl2NO2/c1-17-4-2-3-11(17)12(18)7-19-13-6-9(15)8(14)5-10(13)16/h2-6H,7H2,1H3. The van der Waals surface area contributed by atoms with Crippen molar-refractivity contribution in [2.45, 2.75) is 0 Å². The van der Waals surface area contributed by atoms with Crippen LogP contribution in [0.5, 0.6) is 5.75 Å². The van der Waals surface area contributed by atoms with E-state index < -0.39 is 0 Å². The normalized spacial score (nSPS) is 10.5. The molecule has 0 saturated carbocycles. The van der Waals surface area contributed by atoms with Crippen LogP contribution in [0, 0.1) is 0 Å². The molecule has 0 spiro atoms. The van der Waals surface area contributed by atoms with Crippen molar-refractivity contribution in [1.82, 2.24) is 4.57 Å². The van der Waals surface area contributed by atoms with Crippen LogP contribution in [0.3, 0.4) is 0 Å². The van der Waals surface area contributed by atoms with E-state index in [1.807, 2.05) is 0 Å². The number of ether oxygens (including phenoxy) is 1. The van der Waals surface area contributed by atoms with Crippen molar-refractivity contribution < 1.29 is 9.53 Å². The Morgan fingerprint density at radius 2 is 2.11 bits per heavy atom. The molecule has 0 atom stereocenters. The third-order valence-electron chi connectivity index (χ3n) is 2.56. The minimum Gasteiger partial charge on any atom is -0.484 e. The van der Waals surface area contributed by atoms with Gasteiger partial charge in [-0.25, -0.2) is 0 Å². The number of halogens is 3. The molecule has 6 heteroatoms. The molecule has 0 aliphatic carbocycles. The van der Waals surface area contributed by atoms with Gasteiger partial charge in [0, 0.05) is 23.8 Å². The van der Waals surface area contributed by atoms with E-state index in [1.165, 1.54) is 0 Å². The topological polar surface area (TPSA) is 31.2 Å². The fourth-order valence-corrected chi connectivity index (χ4v) is 2.43. The predicted octanol–water partition coefficient (Wildman–Crippen LogP) is 4.36. The second-order valence-electron chi connectivity index (χ2n) is 3.91. The molecule has 2 rings (SSSR count). The highest BCUT2D eigenvalue weighted by Gasteiger charge is 2.12. The zero-order valence-corrected chi connectivity index (χ0v) is 13.1. The van der Waals surface area contributed by atoms with Crippen LogP contribution >= 0.6 is 39.1 Å². The van der Waals surface area contributed by atoms with Crippen LogP contribution in [0.1, 0.15) is 10.5 Å². The lowest BCUT2D eigenvalue weighted by atomic mass is 10.3. The summed E-state index contributed by atoms with van der Waals surface area (Å²) in [6, 6.07) is 6.75. The van der Waals surface area contributed by atoms with Gasteiger partial charge >= 0.3 is 0 Å². The molecule has 2 aromatic rings. The number of nitrogens with zero attached hydrogens (tertiary/aromatic N) is 1. The zero-order chi connectivity index (χ0) is 14.0. The zero-order valence-electron chi connectivity index (χ0n) is 9.99. The van der Waals surface area contributed by atoms with Crippen LogP contribution in [0.4, 0.5) is 0 Å². The van der Waals surface area contributed by atoms with E-state index >= 15 is 0 Å². The molecular weight excluding hydrogens is 353 g/mol. The third kappa shape index (κ3) is 3.32. The Morgan fingerprint density at radius 1 is 1.37 bits per heavy atom. The summed E-state index contributed by atoms with van der Waals surface area (Å²) in [4.78, 5) is 11.9. The van der Waals surface area contributed by atoms with Gasteiger partial charge in [-0.1, -0.05) is 23.2 Å². The molecule has 1 aromatic carbocycles. The van der Waals surface area contributed by atoms with Crippen molar-refractivity contribution in [3.05, 3.63) is 50.7 Å². The van der Waals surface area contributed by atoms with Gasteiger partial charge in [-0.15, -0.1) is 0 Å². The maximum Gasteiger partial charge on any atom is 0.216 e. The summed E-state index contributed by atoms with van der Waals surface area (Å²) >= 11 is 15.2. The molecule has 0 unspecified atom stereocenters. The number of rotatable bonds is 4. The van der Waals surface area contributed by atoms with Gasteiger partial charge in [0.2, 0.25) is 5.78 Å². The summed E-state index contributed by atoms with van der Waals surface area (Å²) in [5.41, 5.74) is 0.583. The maximum absolute atomic E-state index is 11.9. The molecule has 0 bridgehead atoms. The van der Waals surface area contributed by atoms with E-state index in [-0.39, 0.29) is 12.4 Å².